The van der Waals surface area contributed by atoms with Gasteiger partial charge in [0.15, 0.2) is 0 Å². The minimum absolute atomic E-state index is 0.221. The predicted octanol–water partition coefficient (Wildman–Crippen LogP) is 1.92. The second kappa shape index (κ2) is 5.30. The fraction of sp³-hybridized carbons (Fsp3) is 0.938. The van der Waals surface area contributed by atoms with Gasteiger partial charge in [-0.15, -0.1) is 0 Å². The van der Waals surface area contributed by atoms with Gasteiger partial charge in [0.05, 0.1) is 7.11 Å². The quantitative estimate of drug-likeness (QED) is 0.799. The largest absolute Gasteiger partial charge is 0.468 e. The summed E-state index contributed by atoms with van der Waals surface area (Å²) in [5.74, 6) is 0.110. The van der Waals surface area contributed by atoms with Gasteiger partial charge in [-0.3, -0.25) is 4.79 Å². The molecule has 4 heteroatoms. The van der Waals surface area contributed by atoms with Crippen LogP contribution in [0.5, 0.6) is 0 Å². The van der Waals surface area contributed by atoms with Crippen LogP contribution in [-0.2, 0) is 9.53 Å². The van der Waals surface area contributed by atoms with Crippen molar-refractivity contribution in [1.29, 1.82) is 0 Å². The Bertz CT molecular complexity index is 365. The van der Waals surface area contributed by atoms with Gasteiger partial charge < -0.3 is 15.4 Å². The molecule has 2 aliphatic carbocycles. The van der Waals surface area contributed by atoms with Crippen LogP contribution in [-0.4, -0.2) is 43.2 Å². The number of hydrogen-bond donors (Lipinski definition) is 1. The molecule has 2 saturated carbocycles. The molecule has 1 heterocycles. The molecule has 1 spiro atoms. The standard InChI is InChI=1S/C16H28N2O2/c1-20-14(19)16(17,13-4-5-13)12-18-10-8-15(9-11-18)6-2-3-7-15/h13H,2-12,17H2,1H3. The van der Waals surface area contributed by atoms with Crippen molar-refractivity contribution in [2.45, 2.75) is 56.9 Å². The zero-order valence-electron chi connectivity index (χ0n) is 12.7. The number of esters is 1. The summed E-state index contributed by atoms with van der Waals surface area (Å²) in [6.07, 6.45) is 10.4. The van der Waals surface area contributed by atoms with Gasteiger partial charge in [0.2, 0.25) is 0 Å². The molecule has 0 aromatic carbocycles. The van der Waals surface area contributed by atoms with Crippen LogP contribution in [0.4, 0.5) is 0 Å². The van der Waals surface area contributed by atoms with E-state index in [2.05, 4.69) is 4.90 Å². The zero-order chi connectivity index (χ0) is 14.2. The highest BCUT2D eigenvalue weighted by atomic mass is 16.5. The first-order valence-electron chi connectivity index (χ1n) is 8.18. The van der Waals surface area contributed by atoms with E-state index >= 15 is 0 Å². The lowest BCUT2D eigenvalue weighted by molar-refractivity contribution is -0.149. The van der Waals surface area contributed by atoms with Crippen molar-refractivity contribution in [2.24, 2.45) is 17.1 Å². The summed E-state index contributed by atoms with van der Waals surface area (Å²) in [4.78, 5) is 14.5. The fourth-order valence-corrected chi connectivity index (χ4v) is 4.33. The van der Waals surface area contributed by atoms with Crippen LogP contribution in [0.3, 0.4) is 0 Å². The first-order valence-corrected chi connectivity index (χ1v) is 8.18. The fourth-order valence-electron chi connectivity index (χ4n) is 4.33. The molecule has 0 amide bonds. The molecule has 1 aliphatic heterocycles. The number of nitrogens with zero attached hydrogens (tertiary/aromatic N) is 1. The zero-order valence-corrected chi connectivity index (χ0v) is 12.7. The highest BCUT2D eigenvalue weighted by molar-refractivity contribution is 5.81. The van der Waals surface area contributed by atoms with Crippen LogP contribution < -0.4 is 5.73 Å². The van der Waals surface area contributed by atoms with Gasteiger partial charge in [0.1, 0.15) is 5.54 Å². The average molecular weight is 280 g/mol. The summed E-state index contributed by atoms with van der Waals surface area (Å²) in [5.41, 5.74) is 6.27. The minimum Gasteiger partial charge on any atom is -0.468 e. The maximum Gasteiger partial charge on any atom is 0.327 e. The summed E-state index contributed by atoms with van der Waals surface area (Å²) < 4.78 is 4.96. The molecule has 0 radical (unpaired) electrons. The first-order chi connectivity index (χ1) is 9.58. The molecule has 3 aliphatic rings. The van der Waals surface area contributed by atoms with Crippen molar-refractivity contribution in [3.8, 4) is 0 Å². The Morgan fingerprint density at radius 1 is 1.25 bits per heavy atom. The van der Waals surface area contributed by atoms with E-state index in [1.165, 1.54) is 45.6 Å². The Hall–Kier alpha value is -0.610. The van der Waals surface area contributed by atoms with E-state index in [0.717, 1.165) is 25.9 Å². The van der Waals surface area contributed by atoms with Gasteiger partial charge in [-0.05, 0) is 62.9 Å². The van der Waals surface area contributed by atoms with Crippen LogP contribution in [0.25, 0.3) is 0 Å². The highest BCUT2D eigenvalue weighted by Gasteiger charge is 2.50. The Balaban J connectivity index is 1.59. The van der Waals surface area contributed by atoms with Gasteiger partial charge in [0.25, 0.3) is 0 Å². The van der Waals surface area contributed by atoms with Crippen LogP contribution in [0.15, 0.2) is 0 Å². The van der Waals surface area contributed by atoms with Crippen molar-refractivity contribution in [3.05, 3.63) is 0 Å². The van der Waals surface area contributed by atoms with E-state index in [1.807, 2.05) is 0 Å². The van der Waals surface area contributed by atoms with Crippen LogP contribution in [0.2, 0.25) is 0 Å². The van der Waals surface area contributed by atoms with E-state index in [4.69, 9.17) is 10.5 Å². The molecule has 2 N–H and O–H groups in total. The van der Waals surface area contributed by atoms with Gasteiger partial charge in [-0.2, -0.15) is 0 Å². The number of carbonyl (C=O) groups excluding carboxylic acids is 1. The summed E-state index contributed by atoms with van der Waals surface area (Å²) in [5, 5.41) is 0. The predicted molar refractivity (Wildman–Crippen MR) is 78.2 cm³/mol. The van der Waals surface area contributed by atoms with Crippen LogP contribution in [0, 0.1) is 11.3 Å². The molecule has 0 aromatic rings. The minimum atomic E-state index is -0.769. The Kier molecular flexibility index (Phi) is 3.80. The second-order valence-corrected chi connectivity index (χ2v) is 7.29. The third-order valence-electron chi connectivity index (χ3n) is 5.94. The Morgan fingerprint density at radius 2 is 1.85 bits per heavy atom. The van der Waals surface area contributed by atoms with Crippen molar-refractivity contribution >= 4 is 5.97 Å². The Labute approximate surface area is 122 Å². The summed E-state index contributed by atoms with van der Waals surface area (Å²) in [6, 6.07) is 0. The number of hydrogen-bond acceptors (Lipinski definition) is 4. The maximum absolute atomic E-state index is 12.1. The molecule has 1 unspecified atom stereocenters. The monoisotopic (exact) mass is 280 g/mol. The van der Waals surface area contributed by atoms with Crippen LogP contribution in [0.1, 0.15) is 51.4 Å². The number of piperidine rings is 1. The summed E-state index contributed by atoms with van der Waals surface area (Å²) in [6.45, 7) is 2.88. The first kappa shape index (κ1) is 14.3. The molecular weight excluding hydrogens is 252 g/mol. The molecule has 4 nitrogen and oxygen atoms in total. The normalized spacial score (nSPS) is 29.3. The lowest BCUT2D eigenvalue weighted by Gasteiger charge is -2.42. The van der Waals surface area contributed by atoms with E-state index in [-0.39, 0.29) is 5.97 Å². The molecule has 3 rings (SSSR count). The number of carbonyl (C=O) groups is 1. The Morgan fingerprint density at radius 3 is 2.35 bits per heavy atom. The van der Waals surface area contributed by atoms with E-state index < -0.39 is 5.54 Å². The van der Waals surface area contributed by atoms with E-state index in [9.17, 15) is 4.79 Å². The van der Waals surface area contributed by atoms with E-state index in [0.29, 0.717) is 17.9 Å². The molecule has 3 fully saturated rings. The molecule has 20 heavy (non-hydrogen) atoms. The lowest BCUT2D eigenvalue weighted by atomic mass is 9.76. The third kappa shape index (κ3) is 2.60. The van der Waals surface area contributed by atoms with Gasteiger partial charge in [-0.1, -0.05) is 12.8 Å². The molecule has 0 aromatic heterocycles. The smallest absolute Gasteiger partial charge is 0.327 e. The second-order valence-electron chi connectivity index (χ2n) is 7.29. The number of rotatable bonds is 4. The molecule has 1 atom stereocenters. The van der Waals surface area contributed by atoms with Gasteiger partial charge >= 0.3 is 5.97 Å². The van der Waals surface area contributed by atoms with Crippen molar-refractivity contribution < 1.29 is 9.53 Å². The summed E-state index contributed by atoms with van der Waals surface area (Å²) >= 11 is 0. The number of ether oxygens (including phenoxy) is 1. The number of likely N-dealkylation sites (tertiary alicyclic amines) is 1. The number of methoxy groups -OCH3 is 1. The molecular formula is C16H28N2O2. The average Bonchev–Trinajstić information content (AvgIpc) is 3.23. The highest BCUT2D eigenvalue weighted by Crippen LogP contribution is 2.47. The van der Waals surface area contributed by atoms with Gasteiger partial charge in [-0.25, -0.2) is 0 Å². The van der Waals surface area contributed by atoms with E-state index in [1.54, 1.807) is 0 Å². The SMILES string of the molecule is COC(=O)C(N)(CN1CCC2(CCCC2)CC1)C1CC1. The van der Waals surface area contributed by atoms with Crippen molar-refractivity contribution in [2.75, 3.05) is 26.7 Å². The third-order valence-corrected chi connectivity index (χ3v) is 5.94. The topological polar surface area (TPSA) is 55.6 Å². The maximum atomic E-state index is 12.1. The molecule has 1 saturated heterocycles. The molecule has 0 bridgehead atoms. The van der Waals surface area contributed by atoms with Crippen molar-refractivity contribution in [1.82, 2.24) is 4.90 Å². The van der Waals surface area contributed by atoms with Gasteiger partial charge in [0, 0.05) is 6.54 Å². The summed E-state index contributed by atoms with van der Waals surface area (Å²) in [7, 11) is 1.45. The lowest BCUT2D eigenvalue weighted by Crippen LogP contribution is -2.59. The molecule has 114 valence electrons. The number of nitrogens with two attached hydrogens (primary N) is 1. The van der Waals surface area contributed by atoms with Crippen LogP contribution >= 0.6 is 0 Å². The van der Waals surface area contributed by atoms with Crippen molar-refractivity contribution in [3.63, 3.8) is 0 Å².